The molecule has 4 aromatic rings. The average molecular weight is 601 g/mol. The van der Waals surface area contributed by atoms with E-state index in [9.17, 15) is 13.6 Å². The Labute approximate surface area is 217 Å². The fraction of sp³-hybridized carbons (Fsp3) is 0.192. The maximum absolute atomic E-state index is 15.8. The van der Waals surface area contributed by atoms with Crippen LogP contribution in [0.25, 0.3) is 32.9 Å². The van der Waals surface area contributed by atoms with Gasteiger partial charge in [-0.25, -0.2) is 18.0 Å². The molecule has 1 aliphatic rings. The number of aromatic nitrogens is 3. The van der Waals surface area contributed by atoms with Gasteiger partial charge in [-0.05, 0) is 42.3 Å². The maximum atomic E-state index is 15.8. The molecule has 6 nitrogen and oxygen atoms in total. The van der Waals surface area contributed by atoms with Gasteiger partial charge in [-0.15, -0.1) is 6.42 Å². The Kier molecular flexibility index (Phi) is 6.34. The molecule has 4 N–H and O–H groups in total. The van der Waals surface area contributed by atoms with Gasteiger partial charge in [0, 0.05) is 33.3 Å². The zero-order valence-electron chi connectivity index (χ0n) is 18.7. The van der Waals surface area contributed by atoms with Crippen LogP contribution < -0.4 is 16.7 Å². The van der Waals surface area contributed by atoms with Gasteiger partial charge < -0.3 is 16.0 Å². The molecule has 2 aromatic carbocycles. The van der Waals surface area contributed by atoms with Gasteiger partial charge in [0.05, 0.1) is 16.5 Å². The van der Waals surface area contributed by atoms with Crippen molar-refractivity contribution in [1.82, 2.24) is 15.0 Å². The van der Waals surface area contributed by atoms with E-state index in [0.29, 0.717) is 22.8 Å². The van der Waals surface area contributed by atoms with E-state index in [1.54, 1.807) is 0 Å². The Balaban J connectivity index is 1.59. The minimum Gasteiger partial charge on any atom is -0.399 e. The van der Waals surface area contributed by atoms with Crippen molar-refractivity contribution in [3.05, 3.63) is 70.0 Å². The van der Waals surface area contributed by atoms with Crippen LogP contribution in [0.15, 0.2) is 41.3 Å². The van der Waals surface area contributed by atoms with Crippen LogP contribution in [0.5, 0.6) is 0 Å². The Morgan fingerprint density at radius 1 is 1.28 bits per heavy atom. The summed E-state index contributed by atoms with van der Waals surface area (Å²) in [6.07, 6.45) is 12.9. The standard InChI is InChI=1S/C26H19F3IN5O/c1-2-15-20-13(8-18(27)21(15)28)7-14(31)10-16(20)23-22(29)24-17(11-33-23)25(35-26(36)34-24)32-6-4-3-5-12-9-19(12)30/h1,3,5,7-8,10-12,19H,4,6,9,31H2,(H2,32,34,35,36)/b5-3-/t12-,19?/m1/s1. The summed E-state index contributed by atoms with van der Waals surface area (Å²) in [5.41, 5.74) is 4.72. The topological polar surface area (TPSA) is 96.7 Å². The first kappa shape index (κ1) is 24.1. The van der Waals surface area contributed by atoms with Crippen molar-refractivity contribution in [3.63, 3.8) is 0 Å². The van der Waals surface area contributed by atoms with E-state index in [2.05, 4.69) is 60.9 Å². The van der Waals surface area contributed by atoms with E-state index in [4.69, 9.17) is 12.2 Å². The lowest BCUT2D eigenvalue weighted by molar-refractivity contribution is 0.509. The first-order valence-corrected chi connectivity index (χ1v) is 12.3. The number of anilines is 2. The highest BCUT2D eigenvalue weighted by molar-refractivity contribution is 14.1. The van der Waals surface area contributed by atoms with Crippen LogP contribution in [0.1, 0.15) is 18.4 Å². The van der Waals surface area contributed by atoms with Crippen LogP contribution in [-0.2, 0) is 0 Å². The fourth-order valence-corrected chi connectivity index (χ4v) is 4.99. The van der Waals surface area contributed by atoms with Gasteiger partial charge in [-0.2, -0.15) is 4.98 Å². The molecule has 0 amide bonds. The number of nitrogens with one attached hydrogen (secondary N) is 2. The monoisotopic (exact) mass is 601 g/mol. The van der Waals surface area contributed by atoms with Crippen LogP contribution in [0, 0.1) is 35.7 Å². The van der Waals surface area contributed by atoms with Crippen LogP contribution >= 0.6 is 22.6 Å². The highest BCUT2D eigenvalue weighted by Gasteiger charge is 2.31. The number of fused-ring (bicyclic) bond motifs is 2. The van der Waals surface area contributed by atoms with Crippen LogP contribution in [-0.4, -0.2) is 25.4 Å². The second-order valence-electron chi connectivity index (χ2n) is 8.52. The Morgan fingerprint density at radius 2 is 2.06 bits per heavy atom. The average Bonchev–Trinajstić information content (AvgIpc) is 3.54. The second-order valence-corrected chi connectivity index (χ2v) is 10.1. The number of alkyl halides is 1. The number of hydrogen-bond donors (Lipinski definition) is 3. The molecule has 0 aliphatic heterocycles. The number of aromatic amines is 1. The van der Waals surface area contributed by atoms with E-state index in [-0.39, 0.29) is 50.0 Å². The predicted molar refractivity (Wildman–Crippen MR) is 143 cm³/mol. The zero-order chi connectivity index (χ0) is 25.6. The molecular formula is C26H19F3IN5O. The number of nitrogens with zero attached hydrogens (tertiary/aromatic N) is 2. The summed E-state index contributed by atoms with van der Waals surface area (Å²) >= 11 is 2.41. The van der Waals surface area contributed by atoms with Gasteiger partial charge >= 0.3 is 5.69 Å². The molecule has 1 aliphatic carbocycles. The molecule has 0 saturated heterocycles. The number of nitrogens with two attached hydrogens (primary N) is 1. The number of benzene rings is 2. The molecule has 2 aromatic heterocycles. The number of pyridine rings is 1. The van der Waals surface area contributed by atoms with E-state index >= 15 is 4.39 Å². The van der Waals surface area contributed by atoms with Crippen molar-refractivity contribution in [3.8, 4) is 23.6 Å². The number of nitrogen functional groups attached to an aromatic ring is 1. The molecule has 5 rings (SSSR count). The van der Waals surface area contributed by atoms with Gasteiger partial charge in [0.25, 0.3) is 0 Å². The third kappa shape index (κ3) is 4.39. The molecule has 182 valence electrons. The predicted octanol–water partition coefficient (Wildman–Crippen LogP) is 5.30. The molecule has 0 bridgehead atoms. The molecule has 2 atom stereocenters. The van der Waals surface area contributed by atoms with E-state index in [0.717, 1.165) is 6.07 Å². The van der Waals surface area contributed by atoms with Crippen molar-refractivity contribution >= 4 is 55.8 Å². The summed E-state index contributed by atoms with van der Waals surface area (Å²) < 4.78 is 45.1. The molecular weight excluding hydrogens is 582 g/mol. The molecule has 0 radical (unpaired) electrons. The van der Waals surface area contributed by atoms with Crippen LogP contribution in [0.2, 0.25) is 0 Å². The Morgan fingerprint density at radius 3 is 2.78 bits per heavy atom. The summed E-state index contributed by atoms with van der Waals surface area (Å²) in [5.74, 6) is -0.313. The molecule has 1 fully saturated rings. The molecule has 2 heterocycles. The smallest absolute Gasteiger partial charge is 0.347 e. The normalized spacial score (nSPS) is 17.1. The van der Waals surface area contributed by atoms with Gasteiger partial charge in [0.15, 0.2) is 17.5 Å². The van der Waals surface area contributed by atoms with E-state index in [1.807, 2.05) is 0 Å². The van der Waals surface area contributed by atoms with Crippen molar-refractivity contribution in [1.29, 1.82) is 0 Å². The van der Waals surface area contributed by atoms with Crippen molar-refractivity contribution in [2.24, 2.45) is 5.92 Å². The molecule has 0 spiro atoms. The fourth-order valence-electron chi connectivity index (χ4n) is 4.17. The van der Waals surface area contributed by atoms with Crippen molar-refractivity contribution in [2.45, 2.75) is 16.8 Å². The minimum absolute atomic E-state index is 0.0715. The molecule has 10 heteroatoms. The van der Waals surface area contributed by atoms with Gasteiger partial charge in [-0.1, -0.05) is 40.7 Å². The van der Waals surface area contributed by atoms with Crippen LogP contribution in [0.4, 0.5) is 24.7 Å². The minimum atomic E-state index is -1.23. The summed E-state index contributed by atoms with van der Waals surface area (Å²) in [7, 11) is 0. The van der Waals surface area contributed by atoms with E-state index in [1.165, 1.54) is 24.8 Å². The van der Waals surface area contributed by atoms with E-state index < -0.39 is 23.1 Å². The molecule has 36 heavy (non-hydrogen) atoms. The third-order valence-electron chi connectivity index (χ3n) is 6.02. The van der Waals surface area contributed by atoms with Gasteiger partial charge in [0.2, 0.25) is 0 Å². The van der Waals surface area contributed by atoms with Gasteiger partial charge in [-0.3, -0.25) is 4.98 Å². The first-order chi connectivity index (χ1) is 17.3. The first-order valence-electron chi connectivity index (χ1n) is 11.1. The zero-order valence-corrected chi connectivity index (χ0v) is 20.9. The largest absolute Gasteiger partial charge is 0.399 e. The number of halogens is 4. The number of allylic oxidation sites excluding steroid dienone is 1. The highest BCUT2D eigenvalue weighted by Crippen LogP contribution is 2.39. The second kappa shape index (κ2) is 9.46. The molecule has 1 unspecified atom stereocenters. The lowest BCUT2D eigenvalue weighted by atomic mass is 9.95. The number of H-pyrrole nitrogens is 1. The SMILES string of the molecule is C#Cc1c(F)c(F)cc2cc(N)cc(-c3ncc4c(NCC/C=C\[C@@H]5CC5I)nc(=O)[nH]c4c3F)c12. The summed E-state index contributed by atoms with van der Waals surface area (Å²) in [5, 5.41) is 3.60. The van der Waals surface area contributed by atoms with Crippen molar-refractivity contribution < 1.29 is 13.2 Å². The maximum Gasteiger partial charge on any atom is 0.347 e. The Bertz CT molecular complexity index is 1660. The summed E-state index contributed by atoms with van der Waals surface area (Å²) in [6.45, 7) is 0.486. The number of hydrogen-bond acceptors (Lipinski definition) is 5. The van der Waals surface area contributed by atoms with Crippen molar-refractivity contribution in [2.75, 3.05) is 17.6 Å². The highest BCUT2D eigenvalue weighted by atomic mass is 127. The number of rotatable bonds is 6. The molecule has 1 saturated carbocycles. The lowest BCUT2D eigenvalue weighted by Crippen LogP contribution is -2.16. The quantitative estimate of drug-likeness (QED) is 0.0697. The third-order valence-corrected chi connectivity index (χ3v) is 7.45. The number of terminal acetylenes is 1. The van der Waals surface area contributed by atoms with Crippen LogP contribution in [0.3, 0.4) is 0 Å². The van der Waals surface area contributed by atoms with Gasteiger partial charge in [0.1, 0.15) is 11.5 Å². The Hall–Kier alpha value is -3.59. The lowest BCUT2D eigenvalue weighted by Gasteiger charge is -2.14. The summed E-state index contributed by atoms with van der Waals surface area (Å²) in [6, 6.07) is 3.73. The summed E-state index contributed by atoms with van der Waals surface area (Å²) in [4.78, 5) is 22.8.